The fourth-order valence-corrected chi connectivity index (χ4v) is 2.68. The summed E-state index contributed by atoms with van der Waals surface area (Å²) in [7, 11) is 1.50. The molecule has 28 heavy (non-hydrogen) atoms. The maximum Gasteiger partial charge on any atom is 0.302 e. The van der Waals surface area contributed by atoms with Crippen LogP contribution in [0.2, 0.25) is 0 Å². The van der Waals surface area contributed by atoms with Gasteiger partial charge >= 0.3 is 5.97 Å². The van der Waals surface area contributed by atoms with Gasteiger partial charge in [-0.25, -0.2) is 18.4 Å². The maximum atomic E-state index is 13.2. The molecule has 0 saturated carbocycles. The fraction of sp³-hybridized carbons (Fsp3) is 0.250. The Kier molecular flexibility index (Phi) is 5.98. The molecule has 0 bridgehead atoms. The number of hydrogen-bond donors (Lipinski definition) is 0. The van der Waals surface area contributed by atoms with E-state index in [9.17, 15) is 13.6 Å². The summed E-state index contributed by atoms with van der Waals surface area (Å²) < 4.78 is 37.8. The molecule has 0 aliphatic rings. The number of carbonyl (C=O) groups is 1. The first-order chi connectivity index (χ1) is 13.5. The summed E-state index contributed by atoms with van der Waals surface area (Å²) in [5, 5.41) is 4.03. The van der Waals surface area contributed by atoms with E-state index in [0.717, 1.165) is 11.1 Å². The number of methoxy groups -OCH3 is 1. The average Bonchev–Trinajstić information content (AvgIpc) is 3.14. The summed E-state index contributed by atoms with van der Waals surface area (Å²) in [5.41, 5.74) is 2.45. The van der Waals surface area contributed by atoms with Crippen LogP contribution in [0.15, 0.2) is 48.7 Å². The Morgan fingerprint density at radius 2 is 1.93 bits per heavy atom. The molecule has 3 rings (SSSR count). The standard InChI is InChI=1S/C20H19F2N3O3/c1-13(26)28-10-9-14-3-5-15(6-4-14)18-11-17(20(21)22)24-25(18)16-7-8-19(27-2)23-12-16/h3-8,11-12,20H,9-10H2,1-2H3. The Bertz CT molecular complexity index is 938. The van der Waals surface area contributed by atoms with Crippen LogP contribution in [-0.4, -0.2) is 34.5 Å². The normalized spacial score (nSPS) is 10.9. The van der Waals surface area contributed by atoms with E-state index in [1.54, 1.807) is 12.1 Å². The van der Waals surface area contributed by atoms with E-state index in [-0.39, 0.29) is 11.7 Å². The van der Waals surface area contributed by atoms with E-state index in [0.29, 0.717) is 30.3 Å². The van der Waals surface area contributed by atoms with Gasteiger partial charge in [0.25, 0.3) is 6.43 Å². The van der Waals surface area contributed by atoms with Gasteiger partial charge in [0.05, 0.1) is 31.3 Å². The number of hydrogen-bond acceptors (Lipinski definition) is 5. The number of benzene rings is 1. The van der Waals surface area contributed by atoms with E-state index >= 15 is 0 Å². The van der Waals surface area contributed by atoms with Crippen molar-refractivity contribution in [2.75, 3.05) is 13.7 Å². The molecule has 0 atom stereocenters. The van der Waals surface area contributed by atoms with Gasteiger partial charge in [-0.15, -0.1) is 0 Å². The van der Waals surface area contributed by atoms with E-state index in [1.807, 2.05) is 24.3 Å². The summed E-state index contributed by atoms with van der Waals surface area (Å²) in [6.45, 7) is 1.65. The summed E-state index contributed by atoms with van der Waals surface area (Å²) in [4.78, 5) is 14.9. The second kappa shape index (κ2) is 8.60. The number of pyridine rings is 1. The lowest BCUT2D eigenvalue weighted by Gasteiger charge is -2.09. The van der Waals surface area contributed by atoms with E-state index in [4.69, 9.17) is 9.47 Å². The number of esters is 1. The number of rotatable bonds is 7. The minimum Gasteiger partial charge on any atom is -0.481 e. The molecule has 0 amide bonds. The highest BCUT2D eigenvalue weighted by molar-refractivity contribution is 5.66. The van der Waals surface area contributed by atoms with Crippen molar-refractivity contribution in [3.05, 3.63) is 59.9 Å². The lowest BCUT2D eigenvalue weighted by molar-refractivity contribution is -0.140. The lowest BCUT2D eigenvalue weighted by Crippen LogP contribution is -2.03. The first-order valence-electron chi connectivity index (χ1n) is 8.59. The molecular formula is C20H19F2N3O3. The summed E-state index contributed by atoms with van der Waals surface area (Å²) in [5.74, 6) is 0.0943. The third-order valence-electron chi connectivity index (χ3n) is 4.07. The Balaban J connectivity index is 1.90. The zero-order valence-electron chi connectivity index (χ0n) is 15.4. The Morgan fingerprint density at radius 1 is 1.18 bits per heavy atom. The molecule has 2 heterocycles. The molecular weight excluding hydrogens is 368 g/mol. The minimum absolute atomic E-state index is 0.291. The van der Waals surface area contributed by atoms with Gasteiger partial charge < -0.3 is 9.47 Å². The first kappa shape index (κ1) is 19.5. The average molecular weight is 387 g/mol. The molecule has 6 nitrogen and oxygen atoms in total. The van der Waals surface area contributed by atoms with Crippen LogP contribution in [0.4, 0.5) is 8.78 Å². The zero-order chi connectivity index (χ0) is 20.1. The molecule has 0 fully saturated rings. The Labute approximate surface area is 160 Å². The highest BCUT2D eigenvalue weighted by Gasteiger charge is 2.18. The number of alkyl halides is 2. The highest BCUT2D eigenvalue weighted by atomic mass is 19.3. The molecule has 0 radical (unpaired) electrons. The molecule has 0 saturated heterocycles. The minimum atomic E-state index is -2.69. The molecule has 1 aromatic carbocycles. The lowest BCUT2D eigenvalue weighted by atomic mass is 10.1. The third-order valence-corrected chi connectivity index (χ3v) is 4.07. The second-order valence-corrected chi connectivity index (χ2v) is 6.01. The van der Waals surface area contributed by atoms with Crippen LogP contribution in [0.3, 0.4) is 0 Å². The first-order valence-corrected chi connectivity index (χ1v) is 8.59. The molecule has 0 aliphatic heterocycles. The molecule has 3 aromatic rings. The van der Waals surface area contributed by atoms with Crippen LogP contribution in [0.5, 0.6) is 5.88 Å². The van der Waals surface area contributed by atoms with Crippen LogP contribution in [0.25, 0.3) is 16.9 Å². The van der Waals surface area contributed by atoms with Crippen LogP contribution in [0, 0.1) is 0 Å². The number of halogens is 2. The monoisotopic (exact) mass is 387 g/mol. The topological polar surface area (TPSA) is 66.2 Å². The third kappa shape index (κ3) is 4.51. The molecule has 8 heteroatoms. The molecule has 2 aromatic heterocycles. The van der Waals surface area contributed by atoms with Crippen molar-refractivity contribution in [1.29, 1.82) is 0 Å². The van der Waals surface area contributed by atoms with Gasteiger partial charge in [-0.1, -0.05) is 24.3 Å². The Hall–Kier alpha value is -3.29. The van der Waals surface area contributed by atoms with Crippen LogP contribution < -0.4 is 4.74 Å². The van der Waals surface area contributed by atoms with Gasteiger partial charge in [0.1, 0.15) is 5.69 Å². The smallest absolute Gasteiger partial charge is 0.302 e. The van der Waals surface area contributed by atoms with Crippen molar-refractivity contribution in [3.63, 3.8) is 0 Å². The largest absolute Gasteiger partial charge is 0.481 e. The van der Waals surface area contributed by atoms with Crippen LogP contribution >= 0.6 is 0 Å². The summed E-state index contributed by atoms with van der Waals surface area (Å²) in [6.07, 6.45) is -0.601. The van der Waals surface area contributed by atoms with Gasteiger partial charge in [-0.2, -0.15) is 5.10 Å². The van der Waals surface area contributed by atoms with Crippen molar-refractivity contribution < 1.29 is 23.0 Å². The van der Waals surface area contributed by atoms with Gasteiger partial charge in [-0.05, 0) is 17.7 Å². The summed E-state index contributed by atoms with van der Waals surface area (Å²) in [6, 6.07) is 12.1. The van der Waals surface area contributed by atoms with Gasteiger partial charge in [0.2, 0.25) is 5.88 Å². The number of carbonyl (C=O) groups excluding carboxylic acids is 1. The van der Waals surface area contributed by atoms with Gasteiger partial charge in [0, 0.05) is 25.0 Å². The van der Waals surface area contributed by atoms with Gasteiger partial charge in [0.15, 0.2) is 0 Å². The predicted molar refractivity (Wildman–Crippen MR) is 98.6 cm³/mol. The van der Waals surface area contributed by atoms with Crippen LogP contribution in [0.1, 0.15) is 24.6 Å². The van der Waals surface area contributed by atoms with Gasteiger partial charge in [-0.3, -0.25) is 4.79 Å². The summed E-state index contributed by atoms with van der Waals surface area (Å²) >= 11 is 0. The number of aromatic nitrogens is 3. The SMILES string of the molecule is COc1ccc(-n2nc(C(F)F)cc2-c2ccc(CCOC(C)=O)cc2)cn1. The molecule has 146 valence electrons. The number of nitrogens with zero attached hydrogens (tertiary/aromatic N) is 3. The molecule has 0 N–H and O–H groups in total. The zero-order valence-corrected chi connectivity index (χ0v) is 15.4. The van der Waals surface area contributed by atoms with Crippen molar-refractivity contribution in [2.24, 2.45) is 0 Å². The van der Waals surface area contributed by atoms with Crippen molar-refractivity contribution in [1.82, 2.24) is 14.8 Å². The van der Waals surface area contributed by atoms with Crippen molar-refractivity contribution >= 4 is 5.97 Å². The molecule has 0 spiro atoms. The van der Waals surface area contributed by atoms with E-state index in [2.05, 4.69) is 10.1 Å². The van der Waals surface area contributed by atoms with Crippen LogP contribution in [-0.2, 0) is 16.0 Å². The maximum absolute atomic E-state index is 13.2. The predicted octanol–water partition coefficient (Wildman–Crippen LogP) is 3.99. The molecule has 0 unspecified atom stereocenters. The second-order valence-electron chi connectivity index (χ2n) is 6.01. The fourth-order valence-electron chi connectivity index (χ4n) is 2.68. The number of ether oxygens (including phenoxy) is 2. The van der Waals surface area contributed by atoms with E-state index < -0.39 is 6.43 Å². The van der Waals surface area contributed by atoms with Crippen molar-refractivity contribution in [3.8, 4) is 22.8 Å². The molecule has 0 aliphatic carbocycles. The quantitative estimate of drug-likeness (QED) is 0.574. The van der Waals surface area contributed by atoms with Crippen molar-refractivity contribution in [2.45, 2.75) is 19.8 Å². The highest BCUT2D eigenvalue weighted by Crippen LogP contribution is 2.28. The van der Waals surface area contributed by atoms with E-state index in [1.165, 1.54) is 31.0 Å². The Morgan fingerprint density at radius 3 is 2.50 bits per heavy atom.